The van der Waals surface area contributed by atoms with Crippen LogP contribution in [0.2, 0.25) is 0 Å². The third kappa shape index (κ3) is 9.62. The fraction of sp³-hybridized carbons (Fsp3) is 0.706. The molecule has 172 valence electrons. The standard InChI is InChI=1S/C17H30N4O9/c1-7(2)4-10(15(27)20-11(6-22)17(29)30)19-16(28)13(8(3)23)21-14(26)9(18)5-12(24)25/h7-11,13,22-23H,4-6,18H2,1-3H3,(H,19,28)(H,20,27)(H,21,26)(H,24,25)(H,29,30). The van der Waals surface area contributed by atoms with Crippen LogP contribution in [0.15, 0.2) is 0 Å². The van der Waals surface area contributed by atoms with Crippen molar-refractivity contribution in [2.45, 2.75) is 63.9 Å². The summed E-state index contributed by atoms with van der Waals surface area (Å²) >= 11 is 0. The van der Waals surface area contributed by atoms with Crippen LogP contribution >= 0.6 is 0 Å². The van der Waals surface area contributed by atoms with Gasteiger partial charge in [-0.1, -0.05) is 13.8 Å². The van der Waals surface area contributed by atoms with Crippen molar-refractivity contribution < 1.29 is 44.4 Å². The van der Waals surface area contributed by atoms with Gasteiger partial charge < -0.3 is 42.1 Å². The van der Waals surface area contributed by atoms with Crippen LogP contribution in [0.4, 0.5) is 0 Å². The number of rotatable bonds is 13. The zero-order valence-corrected chi connectivity index (χ0v) is 17.0. The summed E-state index contributed by atoms with van der Waals surface area (Å²) in [6.45, 7) is 3.81. The molecule has 13 nitrogen and oxygen atoms in total. The number of hydrogen-bond acceptors (Lipinski definition) is 8. The van der Waals surface area contributed by atoms with Crippen molar-refractivity contribution in [3.05, 3.63) is 0 Å². The van der Waals surface area contributed by atoms with Crippen LogP contribution in [0, 0.1) is 5.92 Å². The minimum Gasteiger partial charge on any atom is -0.481 e. The summed E-state index contributed by atoms with van der Waals surface area (Å²) in [5.41, 5.74) is 5.43. The van der Waals surface area contributed by atoms with Crippen LogP contribution in [-0.2, 0) is 24.0 Å². The summed E-state index contributed by atoms with van der Waals surface area (Å²) in [6, 6.07) is -5.82. The lowest BCUT2D eigenvalue weighted by Gasteiger charge is -2.26. The number of carbonyl (C=O) groups excluding carboxylic acids is 3. The van der Waals surface area contributed by atoms with Gasteiger partial charge in [-0.3, -0.25) is 19.2 Å². The van der Waals surface area contributed by atoms with Crippen molar-refractivity contribution in [3.8, 4) is 0 Å². The first kappa shape index (κ1) is 27.2. The third-order valence-corrected chi connectivity index (χ3v) is 3.93. The largest absolute Gasteiger partial charge is 0.481 e. The molecule has 0 saturated carbocycles. The summed E-state index contributed by atoms with van der Waals surface area (Å²) in [6.07, 6.45) is -2.03. The lowest BCUT2D eigenvalue weighted by molar-refractivity contribution is -0.143. The Balaban J connectivity index is 5.35. The molecule has 0 heterocycles. The summed E-state index contributed by atoms with van der Waals surface area (Å²) < 4.78 is 0. The highest BCUT2D eigenvalue weighted by molar-refractivity contribution is 5.95. The molecule has 0 radical (unpaired) electrons. The topological polar surface area (TPSA) is 228 Å². The Morgan fingerprint density at radius 1 is 0.867 bits per heavy atom. The van der Waals surface area contributed by atoms with Crippen molar-refractivity contribution in [1.82, 2.24) is 16.0 Å². The zero-order valence-electron chi connectivity index (χ0n) is 17.0. The van der Waals surface area contributed by atoms with E-state index in [0.29, 0.717) is 0 Å². The summed E-state index contributed by atoms with van der Waals surface area (Å²) in [7, 11) is 0. The monoisotopic (exact) mass is 434 g/mol. The molecule has 0 bridgehead atoms. The first-order valence-corrected chi connectivity index (χ1v) is 9.20. The quantitative estimate of drug-likeness (QED) is 0.144. The Morgan fingerprint density at radius 3 is 1.80 bits per heavy atom. The molecule has 0 aliphatic rings. The van der Waals surface area contributed by atoms with Crippen molar-refractivity contribution in [1.29, 1.82) is 0 Å². The fourth-order valence-corrected chi connectivity index (χ4v) is 2.37. The Hall–Kier alpha value is -2.77. The summed E-state index contributed by atoms with van der Waals surface area (Å²) in [4.78, 5) is 58.6. The molecule has 0 rings (SSSR count). The molecule has 0 spiro atoms. The number of nitrogens with two attached hydrogens (primary N) is 1. The van der Waals surface area contributed by atoms with Gasteiger partial charge in [0.2, 0.25) is 17.7 Å². The predicted molar refractivity (Wildman–Crippen MR) is 102 cm³/mol. The van der Waals surface area contributed by atoms with Gasteiger partial charge in [0.05, 0.1) is 25.2 Å². The SMILES string of the molecule is CC(C)CC(NC(=O)C(NC(=O)C(N)CC(=O)O)C(C)O)C(=O)NC(CO)C(=O)O. The van der Waals surface area contributed by atoms with Crippen LogP contribution in [-0.4, -0.2) is 87.0 Å². The van der Waals surface area contributed by atoms with Crippen LogP contribution in [0.25, 0.3) is 0 Å². The molecule has 5 unspecified atom stereocenters. The van der Waals surface area contributed by atoms with Crippen molar-refractivity contribution in [2.24, 2.45) is 11.7 Å². The van der Waals surface area contributed by atoms with E-state index in [9.17, 15) is 29.1 Å². The molecule has 0 aromatic heterocycles. The van der Waals surface area contributed by atoms with Crippen LogP contribution in [0.3, 0.4) is 0 Å². The van der Waals surface area contributed by atoms with Gasteiger partial charge in [-0.05, 0) is 19.3 Å². The van der Waals surface area contributed by atoms with Gasteiger partial charge in [0, 0.05) is 0 Å². The molecule has 0 aromatic rings. The van der Waals surface area contributed by atoms with E-state index in [2.05, 4.69) is 16.0 Å². The number of carboxylic acid groups (broad SMARTS) is 2. The molecule has 0 aliphatic carbocycles. The smallest absolute Gasteiger partial charge is 0.328 e. The molecule has 13 heteroatoms. The van der Waals surface area contributed by atoms with Gasteiger partial charge in [0.15, 0.2) is 0 Å². The molecule has 3 amide bonds. The number of aliphatic carboxylic acids is 2. The zero-order chi connectivity index (χ0) is 23.6. The average Bonchev–Trinajstić information content (AvgIpc) is 2.61. The molecule has 0 aromatic carbocycles. The van der Waals surface area contributed by atoms with Crippen LogP contribution in [0.1, 0.15) is 33.6 Å². The Labute approximate surface area is 173 Å². The van der Waals surface area contributed by atoms with E-state index in [-0.39, 0.29) is 12.3 Å². The number of aliphatic hydroxyl groups excluding tert-OH is 2. The summed E-state index contributed by atoms with van der Waals surface area (Å²) in [5, 5.41) is 43.1. The van der Waals surface area contributed by atoms with Gasteiger partial charge >= 0.3 is 11.9 Å². The van der Waals surface area contributed by atoms with Gasteiger partial charge in [0.1, 0.15) is 18.1 Å². The first-order chi connectivity index (χ1) is 13.8. The minimum atomic E-state index is -1.58. The number of aliphatic hydroxyl groups is 2. The molecule has 9 N–H and O–H groups in total. The highest BCUT2D eigenvalue weighted by Gasteiger charge is 2.32. The lowest BCUT2D eigenvalue weighted by atomic mass is 10.0. The predicted octanol–water partition coefficient (Wildman–Crippen LogP) is -3.25. The number of carbonyl (C=O) groups is 5. The van der Waals surface area contributed by atoms with E-state index in [1.54, 1.807) is 13.8 Å². The van der Waals surface area contributed by atoms with Gasteiger partial charge in [-0.15, -0.1) is 0 Å². The molecule has 0 aliphatic heterocycles. The molecule has 5 atom stereocenters. The Morgan fingerprint density at radius 2 is 1.40 bits per heavy atom. The second-order valence-corrected chi connectivity index (χ2v) is 7.20. The maximum Gasteiger partial charge on any atom is 0.328 e. The van der Waals surface area contributed by atoms with Crippen molar-refractivity contribution in [2.75, 3.05) is 6.61 Å². The third-order valence-electron chi connectivity index (χ3n) is 3.93. The van der Waals surface area contributed by atoms with E-state index in [4.69, 9.17) is 21.1 Å². The van der Waals surface area contributed by atoms with Gasteiger partial charge in [0.25, 0.3) is 0 Å². The van der Waals surface area contributed by atoms with E-state index >= 15 is 0 Å². The van der Waals surface area contributed by atoms with E-state index in [1.807, 2.05) is 0 Å². The highest BCUT2D eigenvalue weighted by atomic mass is 16.4. The normalized spacial score (nSPS) is 16.0. The van der Waals surface area contributed by atoms with Crippen molar-refractivity contribution >= 4 is 29.7 Å². The minimum absolute atomic E-state index is 0.0916. The van der Waals surface area contributed by atoms with E-state index < -0.39 is 73.0 Å². The van der Waals surface area contributed by atoms with E-state index in [1.165, 1.54) is 6.92 Å². The van der Waals surface area contributed by atoms with Crippen molar-refractivity contribution in [3.63, 3.8) is 0 Å². The second kappa shape index (κ2) is 12.7. The maximum atomic E-state index is 12.6. The molecule has 0 saturated heterocycles. The number of nitrogens with one attached hydrogen (secondary N) is 3. The number of amides is 3. The average molecular weight is 434 g/mol. The van der Waals surface area contributed by atoms with E-state index in [0.717, 1.165) is 0 Å². The van der Waals surface area contributed by atoms with Crippen LogP contribution < -0.4 is 21.7 Å². The Bertz CT molecular complexity index is 639. The fourth-order valence-electron chi connectivity index (χ4n) is 2.37. The molecule has 30 heavy (non-hydrogen) atoms. The lowest BCUT2D eigenvalue weighted by Crippen LogP contribution is -2.60. The summed E-state index contributed by atoms with van der Waals surface area (Å²) in [5.74, 6) is -5.74. The number of hydrogen-bond donors (Lipinski definition) is 8. The highest BCUT2D eigenvalue weighted by Crippen LogP contribution is 2.07. The maximum absolute atomic E-state index is 12.6. The Kier molecular flexibility index (Phi) is 11.5. The van der Waals surface area contributed by atoms with Gasteiger partial charge in [-0.25, -0.2) is 4.79 Å². The van der Waals surface area contributed by atoms with Gasteiger partial charge in [-0.2, -0.15) is 0 Å². The molecular formula is C17H30N4O9. The molecular weight excluding hydrogens is 404 g/mol. The second-order valence-electron chi connectivity index (χ2n) is 7.20. The van der Waals surface area contributed by atoms with Crippen LogP contribution in [0.5, 0.6) is 0 Å². The number of carboxylic acids is 2. The first-order valence-electron chi connectivity index (χ1n) is 9.20. The molecule has 0 fully saturated rings.